The van der Waals surface area contributed by atoms with Gasteiger partial charge in [-0.25, -0.2) is 0 Å². The normalized spacial score (nSPS) is 22.7. The van der Waals surface area contributed by atoms with Gasteiger partial charge in [0.15, 0.2) is 0 Å². The first-order valence-electron chi connectivity index (χ1n) is 9.50. The molecular weight excluding hydrogens is 378 g/mol. The maximum atomic E-state index is 13.0. The van der Waals surface area contributed by atoms with Crippen LogP contribution >= 0.6 is 11.8 Å². The number of nitrogens with zero attached hydrogens (tertiary/aromatic N) is 1. The van der Waals surface area contributed by atoms with Crippen LogP contribution in [-0.4, -0.2) is 46.6 Å². The van der Waals surface area contributed by atoms with Gasteiger partial charge in [-0.1, -0.05) is 18.9 Å². The highest BCUT2D eigenvalue weighted by Gasteiger charge is 2.51. The molecule has 4 amide bonds. The van der Waals surface area contributed by atoms with Crippen molar-refractivity contribution in [2.24, 2.45) is 17.6 Å². The Hall–Kier alpha value is -2.35. The van der Waals surface area contributed by atoms with Crippen molar-refractivity contribution in [1.82, 2.24) is 4.90 Å². The number of amides is 4. The first-order valence-corrected chi connectivity index (χ1v) is 10.9. The lowest BCUT2D eigenvalue weighted by Gasteiger charge is -2.26. The van der Waals surface area contributed by atoms with Crippen molar-refractivity contribution in [2.75, 3.05) is 17.3 Å². The van der Waals surface area contributed by atoms with Gasteiger partial charge in [-0.3, -0.25) is 24.1 Å². The van der Waals surface area contributed by atoms with Crippen LogP contribution in [0.5, 0.6) is 0 Å². The SMILES string of the molecule is CSCC[C@H](C(=O)Nc1cccc(C(N)=O)c1)N1C(=O)[C@H]2CCCC[C@@H]2C1=O. The van der Waals surface area contributed by atoms with Crippen LogP contribution in [0.2, 0.25) is 0 Å². The molecule has 3 rings (SSSR count). The molecule has 0 bridgehead atoms. The van der Waals surface area contributed by atoms with Crippen LogP contribution < -0.4 is 11.1 Å². The fraction of sp³-hybridized carbons (Fsp3) is 0.500. The summed E-state index contributed by atoms with van der Waals surface area (Å²) in [6, 6.07) is 5.45. The molecule has 1 aromatic rings. The number of fused-ring (bicyclic) bond motifs is 1. The molecule has 1 aromatic carbocycles. The van der Waals surface area contributed by atoms with E-state index in [1.807, 2.05) is 6.26 Å². The van der Waals surface area contributed by atoms with Crippen molar-refractivity contribution in [3.63, 3.8) is 0 Å². The van der Waals surface area contributed by atoms with Crippen LogP contribution in [-0.2, 0) is 14.4 Å². The third kappa shape index (κ3) is 4.06. The van der Waals surface area contributed by atoms with Crippen LogP contribution in [0, 0.1) is 11.8 Å². The summed E-state index contributed by atoms with van der Waals surface area (Å²) in [6.07, 6.45) is 5.61. The van der Waals surface area contributed by atoms with E-state index >= 15 is 0 Å². The molecule has 7 nitrogen and oxygen atoms in total. The van der Waals surface area contributed by atoms with Crippen molar-refractivity contribution in [3.8, 4) is 0 Å². The minimum absolute atomic E-state index is 0.221. The van der Waals surface area contributed by atoms with Crippen molar-refractivity contribution in [3.05, 3.63) is 29.8 Å². The number of hydrogen-bond donors (Lipinski definition) is 2. The fourth-order valence-corrected chi connectivity index (χ4v) is 4.54. The van der Waals surface area contributed by atoms with Gasteiger partial charge in [-0.05, 0) is 49.5 Å². The molecule has 1 aliphatic carbocycles. The molecule has 3 atom stereocenters. The molecule has 8 heteroatoms. The zero-order valence-corrected chi connectivity index (χ0v) is 16.7. The molecule has 0 spiro atoms. The number of rotatable bonds is 7. The first-order chi connectivity index (χ1) is 13.4. The average molecular weight is 404 g/mol. The van der Waals surface area contributed by atoms with Crippen molar-refractivity contribution in [2.45, 2.75) is 38.1 Å². The maximum Gasteiger partial charge on any atom is 0.248 e. The van der Waals surface area contributed by atoms with E-state index in [0.717, 1.165) is 12.8 Å². The van der Waals surface area contributed by atoms with Gasteiger partial charge < -0.3 is 11.1 Å². The van der Waals surface area contributed by atoms with Crippen molar-refractivity contribution >= 4 is 41.1 Å². The molecule has 0 unspecified atom stereocenters. The molecule has 1 saturated heterocycles. The molecule has 2 aliphatic rings. The number of anilines is 1. The van der Waals surface area contributed by atoms with Crippen molar-refractivity contribution in [1.29, 1.82) is 0 Å². The lowest BCUT2D eigenvalue weighted by atomic mass is 9.81. The zero-order valence-electron chi connectivity index (χ0n) is 15.8. The molecule has 150 valence electrons. The van der Waals surface area contributed by atoms with E-state index in [0.29, 0.717) is 30.7 Å². The van der Waals surface area contributed by atoms with Gasteiger partial charge in [0.05, 0.1) is 11.8 Å². The van der Waals surface area contributed by atoms with Gasteiger partial charge in [-0.15, -0.1) is 0 Å². The van der Waals surface area contributed by atoms with Gasteiger partial charge in [0.25, 0.3) is 0 Å². The molecular formula is C20H25N3O4S. The number of carbonyl (C=O) groups excluding carboxylic acids is 4. The summed E-state index contributed by atoms with van der Waals surface area (Å²) in [5.74, 6) is -1.39. The van der Waals surface area contributed by atoms with E-state index in [1.54, 1.807) is 30.0 Å². The first kappa shape index (κ1) is 20.4. The van der Waals surface area contributed by atoms with E-state index in [2.05, 4.69) is 5.32 Å². The van der Waals surface area contributed by atoms with Crippen LogP contribution in [0.4, 0.5) is 5.69 Å². The number of nitrogens with two attached hydrogens (primary N) is 1. The van der Waals surface area contributed by atoms with Crippen LogP contribution in [0.3, 0.4) is 0 Å². The molecule has 28 heavy (non-hydrogen) atoms. The minimum Gasteiger partial charge on any atom is -0.366 e. The quantitative estimate of drug-likeness (QED) is 0.677. The second kappa shape index (κ2) is 8.77. The van der Waals surface area contributed by atoms with Gasteiger partial charge in [0.1, 0.15) is 6.04 Å². The van der Waals surface area contributed by atoms with E-state index in [1.165, 1.54) is 11.0 Å². The average Bonchev–Trinajstić information content (AvgIpc) is 2.94. The molecule has 0 aromatic heterocycles. The molecule has 1 heterocycles. The van der Waals surface area contributed by atoms with Crippen LogP contribution in [0.15, 0.2) is 24.3 Å². The highest BCUT2D eigenvalue weighted by molar-refractivity contribution is 7.98. The topological polar surface area (TPSA) is 110 Å². The Kier molecular flexibility index (Phi) is 6.39. The Labute approximate surface area is 168 Å². The predicted molar refractivity (Wildman–Crippen MR) is 108 cm³/mol. The summed E-state index contributed by atoms with van der Waals surface area (Å²) in [7, 11) is 0. The summed E-state index contributed by atoms with van der Waals surface area (Å²) >= 11 is 1.56. The third-order valence-corrected chi connectivity index (χ3v) is 6.14. The van der Waals surface area contributed by atoms with E-state index in [-0.39, 0.29) is 29.2 Å². The van der Waals surface area contributed by atoms with E-state index in [9.17, 15) is 19.2 Å². The van der Waals surface area contributed by atoms with E-state index < -0.39 is 17.9 Å². The summed E-state index contributed by atoms with van der Waals surface area (Å²) in [5, 5.41) is 2.74. The minimum atomic E-state index is -0.852. The fourth-order valence-electron chi connectivity index (χ4n) is 4.08. The summed E-state index contributed by atoms with van der Waals surface area (Å²) in [4.78, 5) is 51.4. The largest absolute Gasteiger partial charge is 0.366 e. The Balaban J connectivity index is 1.82. The number of imide groups is 1. The van der Waals surface area contributed by atoms with Crippen LogP contribution in [0.25, 0.3) is 0 Å². The maximum absolute atomic E-state index is 13.0. The Morgan fingerprint density at radius 3 is 2.43 bits per heavy atom. The molecule has 1 aliphatic heterocycles. The molecule has 1 saturated carbocycles. The number of likely N-dealkylation sites (tertiary alicyclic amines) is 1. The number of benzene rings is 1. The third-order valence-electron chi connectivity index (χ3n) is 5.50. The molecule has 0 radical (unpaired) electrons. The second-order valence-electron chi connectivity index (χ2n) is 7.28. The lowest BCUT2D eigenvalue weighted by Crippen LogP contribution is -2.48. The highest BCUT2D eigenvalue weighted by atomic mass is 32.2. The number of nitrogens with one attached hydrogen (secondary N) is 1. The van der Waals surface area contributed by atoms with Gasteiger partial charge in [0.2, 0.25) is 23.6 Å². The second-order valence-corrected chi connectivity index (χ2v) is 8.26. The smallest absolute Gasteiger partial charge is 0.248 e. The standard InChI is InChI=1S/C20H25N3O4S/c1-28-10-9-16(18(25)22-13-6-4-5-12(11-13)17(21)24)23-19(26)14-7-2-3-8-15(14)20(23)27/h4-6,11,14-16H,2-3,7-10H2,1H3,(H2,21,24)(H,22,25)/t14-,15-,16+/m0/s1. The number of carbonyl (C=O) groups is 4. The Bertz CT molecular complexity index is 773. The number of primary amides is 1. The lowest BCUT2D eigenvalue weighted by molar-refractivity contribution is -0.146. The molecule has 2 fully saturated rings. The summed E-state index contributed by atoms with van der Waals surface area (Å²) < 4.78 is 0. The Morgan fingerprint density at radius 1 is 1.21 bits per heavy atom. The predicted octanol–water partition coefficient (Wildman–Crippen LogP) is 2.02. The summed E-state index contributed by atoms with van der Waals surface area (Å²) in [5.41, 5.74) is 5.98. The number of hydrogen-bond acceptors (Lipinski definition) is 5. The van der Waals surface area contributed by atoms with E-state index in [4.69, 9.17) is 5.73 Å². The monoisotopic (exact) mass is 403 g/mol. The van der Waals surface area contributed by atoms with Crippen molar-refractivity contribution < 1.29 is 19.2 Å². The number of thioether (sulfide) groups is 1. The van der Waals surface area contributed by atoms with Gasteiger partial charge in [0, 0.05) is 11.3 Å². The highest BCUT2D eigenvalue weighted by Crippen LogP contribution is 2.39. The molecule has 3 N–H and O–H groups in total. The zero-order chi connectivity index (χ0) is 20.3. The van der Waals surface area contributed by atoms with Gasteiger partial charge >= 0.3 is 0 Å². The van der Waals surface area contributed by atoms with Crippen LogP contribution in [0.1, 0.15) is 42.5 Å². The Morgan fingerprint density at radius 2 is 1.86 bits per heavy atom. The summed E-state index contributed by atoms with van der Waals surface area (Å²) in [6.45, 7) is 0. The van der Waals surface area contributed by atoms with Gasteiger partial charge in [-0.2, -0.15) is 11.8 Å².